The Hall–Kier alpha value is -2.34. The summed E-state index contributed by atoms with van der Waals surface area (Å²) in [7, 11) is 1.59. The molecule has 1 amide bonds. The summed E-state index contributed by atoms with van der Waals surface area (Å²) in [6.45, 7) is 1.31. The van der Waals surface area contributed by atoms with E-state index in [1.807, 2.05) is 48.5 Å². The van der Waals surface area contributed by atoms with Gasteiger partial charge in [-0.15, -0.1) is 0 Å². The Balaban J connectivity index is 1.99. The Morgan fingerprint density at radius 2 is 1.79 bits per heavy atom. The number of esters is 1. The molecule has 0 aliphatic carbocycles. The number of rotatable bonds is 4. The van der Waals surface area contributed by atoms with Crippen molar-refractivity contribution in [2.75, 3.05) is 12.0 Å². The number of halogens is 1. The predicted octanol–water partition coefficient (Wildman–Crippen LogP) is 3.48. The standard InChI is InChI=1S/C18H16BrNO4/c1-11(21)24-17-16(12-7-9-13(23-2)10-8-12)20(18(17)22)15-6-4-3-5-14(15)19/h3-10,16-17H,1-2H3/t16-,17-/m0/s1. The van der Waals surface area contributed by atoms with Gasteiger partial charge in [-0.05, 0) is 45.8 Å². The molecule has 24 heavy (non-hydrogen) atoms. The number of carbonyl (C=O) groups excluding carboxylic acids is 2. The molecule has 0 spiro atoms. The molecule has 1 heterocycles. The fraction of sp³-hybridized carbons (Fsp3) is 0.222. The third kappa shape index (κ3) is 2.89. The third-order valence-corrected chi connectivity index (χ3v) is 4.58. The summed E-state index contributed by atoms with van der Waals surface area (Å²) in [5.41, 5.74) is 1.61. The van der Waals surface area contributed by atoms with Crippen LogP contribution in [0.3, 0.4) is 0 Å². The van der Waals surface area contributed by atoms with Gasteiger partial charge in [0.25, 0.3) is 5.91 Å². The molecule has 2 aromatic rings. The summed E-state index contributed by atoms with van der Waals surface area (Å²) in [5.74, 6) is 0.0115. The van der Waals surface area contributed by atoms with E-state index in [4.69, 9.17) is 9.47 Å². The molecule has 2 atom stereocenters. The van der Waals surface area contributed by atoms with Gasteiger partial charge in [-0.2, -0.15) is 0 Å². The van der Waals surface area contributed by atoms with Gasteiger partial charge in [0.2, 0.25) is 6.10 Å². The number of carbonyl (C=O) groups is 2. The van der Waals surface area contributed by atoms with E-state index in [0.29, 0.717) is 0 Å². The molecule has 3 rings (SSSR count). The van der Waals surface area contributed by atoms with Gasteiger partial charge in [-0.1, -0.05) is 24.3 Å². The van der Waals surface area contributed by atoms with Crippen molar-refractivity contribution in [2.24, 2.45) is 0 Å². The number of amides is 1. The molecule has 0 unspecified atom stereocenters. The number of methoxy groups -OCH3 is 1. The molecule has 1 aliphatic rings. The van der Waals surface area contributed by atoms with Crippen molar-refractivity contribution in [2.45, 2.75) is 19.1 Å². The SMILES string of the molecule is COc1ccc([C@H]2[C@H](OC(C)=O)C(=O)N2c2ccccc2Br)cc1. The first-order valence-corrected chi connectivity index (χ1v) is 8.21. The Kier molecular flexibility index (Phi) is 4.57. The topological polar surface area (TPSA) is 55.8 Å². The van der Waals surface area contributed by atoms with Crippen LogP contribution < -0.4 is 9.64 Å². The van der Waals surface area contributed by atoms with Crippen LogP contribution in [0, 0.1) is 0 Å². The van der Waals surface area contributed by atoms with Crippen molar-refractivity contribution < 1.29 is 19.1 Å². The second kappa shape index (κ2) is 6.65. The van der Waals surface area contributed by atoms with E-state index < -0.39 is 12.1 Å². The maximum absolute atomic E-state index is 12.6. The zero-order valence-electron chi connectivity index (χ0n) is 13.2. The molecule has 0 bridgehead atoms. The van der Waals surface area contributed by atoms with Crippen molar-refractivity contribution in [3.63, 3.8) is 0 Å². The quantitative estimate of drug-likeness (QED) is 0.593. The lowest BCUT2D eigenvalue weighted by Crippen LogP contribution is -2.60. The Morgan fingerprint density at radius 1 is 1.12 bits per heavy atom. The van der Waals surface area contributed by atoms with E-state index >= 15 is 0 Å². The van der Waals surface area contributed by atoms with Crippen molar-refractivity contribution in [3.8, 4) is 5.75 Å². The zero-order valence-corrected chi connectivity index (χ0v) is 14.8. The fourth-order valence-corrected chi connectivity index (χ4v) is 3.27. The number of β-lactam (4-membered cyclic amide) rings is 1. The van der Waals surface area contributed by atoms with Crippen LogP contribution in [0.5, 0.6) is 5.75 Å². The number of anilines is 1. The lowest BCUT2D eigenvalue weighted by atomic mass is 9.89. The minimum atomic E-state index is -0.817. The number of para-hydroxylation sites is 1. The molecule has 6 heteroatoms. The largest absolute Gasteiger partial charge is 0.497 e. The highest BCUT2D eigenvalue weighted by Crippen LogP contribution is 2.43. The van der Waals surface area contributed by atoms with Crippen LogP contribution in [-0.4, -0.2) is 25.1 Å². The summed E-state index contributed by atoms with van der Waals surface area (Å²) in [6, 6.07) is 14.5. The van der Waals surface area contributed by atoms with Crippen LogP contribution in [0.25, 0.3) is 0 Å². The van der Waals surface area contributed by atoms with Crippen molar-refractivity contribution >= 4 is 33.5 Å². The first-order chi connectivity index (χ1) is 11.5. The number of hydrogen-bond acceptors (Lipinski definition) is 4. The Morgan fingerprint density at radius 3 is 2.38 bits per heavy atom. The van der Waals surface area contributed by atoms with Crippen molar-refractivity contribution in [1.82, 2.24) is 0 Å². The molecule has 0 saturated carbocycles. The number of ether oxygens (including phenoxy) is 2. The molecule has 0 aromatic heterocycles. The lowest BCUT2D eigenvalue weighted by molar-refractivity contribution is -0.160. The average Bonchev–Trinajstić information content (AvgIpc) is 2.58. The summed E-state index contributed by atoms with van der Waals surface area (Å²) >= 11 is 3.47. The summed E-state index contributed by atoms with van der Waals surface area (Å²) in [6.07, 6.45) is -0.817. The molecule has 0 N–H and O–H groups in total. The summed E-state index contributed by atoms with van der Waals surface area (Å²) in [5, 5.41) is 0. The highest BCUT2D eigenvalue weighted by molar-refractivity contribution is 9.10. The number of hydrogen-bond donors (Lipinski definition) is 0. The molecule has 0 radical (unpaired) electrons. The summed E-state index contributed by atoms with van der Waals surface area (Å²) in [4.78, 5) is 25.6. The van der Waals surface area contributed by atoms with E-state index in [0.717, 1.165) is 21.5 Å². The minimum absolute atomic E-state index is 0.238. The molecular formula is C18H16BrNO4. The van der Waals surface area contributed by atoms with Gasteiger partial charge < -0.3 is 9.47 Å². The Labute approximate surface area is 148 Å². The molecular weight excluding hydrogens is 374 g/mol. The van der Waals surface area contributed by atoms with Gasteiger partial charge in [0, 0.05) is 11.4 Å². The van der Waals surface area contributed by atoms with Gasteiger partial charge in [0.15, 0.2) is 0 Å². The van der Waals surface area contributed by atoms with Gasteiger partial charge in [0.1, 0.15) is 11.8 Å². The minimum Gasteiger partial charge on any atom is -0.497 e. The molecule has 5 nitrogen and oxygen atoms in total. The van der Waals surface area contributed by atoms with E-state index in [2.05, 4.69) is 15.9 Å². The normalized spacial score (nSPS) is 19.6. The van der Waals surface area contributed by atoms with E-state index in [1.165, 1.54) is 6.92 Å². The van der Waals surface area contributed by atoms with E-state index in [1.54, 1.807) is 12.0 Å². The van der Waals surface area contributed by atoms with Crippen LogP contribution in [-0.2, 0) is 14.3 Å². The van der Waals surface area contributed by atoms with E-state index in [9.17, 15) is 9.59 Å². The van der Waals surface area contributed by atoms with Gasteiger partial charge in [-0.25, -0.2) is 0 Å². The molecule has 124 valence electrons. The zero-order chi connectivity index (χ0) is 17.3. The van der Waals surface area contributed by atoms with Gasteiger partial charge >= 0.3 is 5.97 Å². The number of nitrogens with zero attached hydrogens (tertiary/aromatic N) is 1. The second-order valence-electron chi connectivity index (χ2n) is 5.41. The van der Waals surface area contributed by atoms with Crippen LogP contribution in [0.2, 0.25) is 0 Å². The number of benzene rings is 2. The molecule has 2 aromatic carbocycles. The van der Waals surface area contributed by atoms with Gasteiger partial charge in [0.05, 0.1) is 12.8 Å². The second-order valence-corrected chi connectivity index (χ2v) is 6.26. The van der Waals surface area contributed by atoms with Gasteiger partial charge in [-0.3, -0.25) is 14.5 Å². The highest BCUT2D eigenvalue weighted by atomic mass is 79.9. The first-order valence-electron chi connectivity index (χ1n) is 7.41. The average molecular weight is 390 g/mol. The van der Waals surface area contributed by atoms with Crippen molar-refractivity contribution in [1.29, 1.82) is 0 Å². The summed E-state index contributed by atoms with van der Waals surface area (Å²) < 4.78 is 11.2. The van der Waals surface area contributed by atoms with Crippen molar-refractivity contribution in [3.05, 3.63) is 58.6 Å². The van der Waals surface area contributed by atoms with Crippen LogP contribution >= 0.6 is 15.9 Å². The maximum Gasteiger partial charge on any atom is 0.303 e. The molecule has 1 saturated heterocycles. The monoisotopic (exact) mass is 389 g/mol. The van der Waals surface area contributed by atoms with Crippen LogP contribution in [0.4, 0.5) is 5.69 Å². The molecule has 1 fully saturated rings. The fourth-order valence-electron chi connectivity index (χ4n) is 2.80. The smallest absolute Gasteiger partial charge is 0.303 e. The highest BCUT2D eigenvalue weighted by Gasteiger charge is 2.51. The predicted molar refractivity (Wildman–Crippen MR) is 92.9 cm³/mol. The van der Waals surface area contributed by atoms with E-state index in [-0.39, 0.29) is 11.9 Å². The third-order valence-electron chi connectivity index (χ3n) is 3.91. The molecule has 1 aliphatic heterocycles. The van der Waals surface area contributed by atoms with Crippen LogP contribution in [0.15, 0.2) is 53.0 Å². The Bertz CT molecular complexity index is 775. The maximum atomic E-state index is 12.6. The first kappa shape index (κ1) is 16.5. The van der Waals surface area contributed by atoms with Crippen LogP contribution in [0.1, 0.15) is 18.5 Å². The lowest BCUT2D eigenvalue weighted by Gasteiger charge is -2.46.